The lowest BCUT2D eigenvalue weighted by Crippen LogP contribution is -2.64. The van der Waals surface area contributed by atoms with E-state index in [1.807, 2.05) is 0 Å². The summed E-state index contributed by atoms with van der Waals surface area (Å²) < 4.78 is 5.08. The number of carbonyl (C=O) groups excluding carboxylic acids is 2. The summed E-state index contributed by atoms with van der Waals surface area (Å²) in [6.07, 6.45) is 4.33. The zero-order chi connectivity index (χ0) is 11.6. The molecule has 0 radical (unpaired) electrons. The van der Waals surface area contributed by atoms with Crippen LogP contribution in [0.25, 0.3) is 0 Å². The second kappa shape index (κ2) is 4.41. The summed E-state index contributed by atoms with van der Waals surface area (Å²) in [6, 6.07) is 0. The van der Waals surface area contributed by atoms with Gasteiger partial charge in [0, 0.05) is 5.92 Å². The molecule has 16 heavy (non-hydrogen) atoms. The molecule has 2 aliphatic rings. The fraction of sp³-hybridized carbons (Fsp3) is 0.818. The minimum Gasteiger partial charge on any atom is -0.376 e. The molecular weight excluding hydrogens is 208 g/mol. The van der Waals surface area contributed by atoms with Crippen LogP contribution in [0.15, 0.2) is 0 Å². The molecule has 1 heterocycles. The van der Waals surface area contributed by atoms with E-state index in [2.05, 4.69) is 5.32 Å². The van der Waals surface area contributed by atoms with Gasteiger partial charge in [0.25, 0.3) is 0 Å². The number of carbonyl (C=O) groups is 2. The van der Waals surface area contributed by atoms with Gasteiger partial charge in [-0.25, -0.2) is 0 Å². The minimum absolute atomic E-state index is 0.0575. The first-order valence-electron chi connectivity index (χ1n) is 5.79. The molecule has 2 fully saturated rings. The molecule has 0 spiro atoms. The summed E-state index contributed by atoms with van der Waals surface area (Å²) in [7, 11) is 0. The van der Waals surface area contributed by atoms with Crippen molar-refractivity contribution in [3.63, 3.8) is 0 Å². The van der Waals surface area contributed by atoms with Crippen LogP contribution in [0, 0.1) is 5.92 Å². The van der Waals surface area contributed by atoms with E-state index in [1.165, 1.54) is 0 Å². The number of nitrogens with two attached hydrogens (primary N) is 1. The van der Waals surface area contributed by atoms with Crippen molar-refractivity contribution in [2.45, 2.75) is 37.6 Å². The topological polar surface area (TPSA) is 81.4 Å². The normalized spacial score (nSPS) is 23.8. The van der Waals surface area contributed by atoms with E-state index in [-0.39, 0.29) is 18.2 Å². The summed E-state index contributed by atoms with van der Waals surface area (Å²) in [5.74, 6) is -0.220. The monoisotopic (exact) mass is 226 g/mol. The predicted octanol–water partition coefficient (Wildman–Crippen LogP) is -0.0628. The van der Waals surface area contributed by atoms with E-state index in [0.717, 1.165) is 25.7 Å². The maximum atomic E-state index is 11.9. The van der Waals surface area contributed by atoms with Crippen molar-refractivity contribution in [3.05, 3.63) is 0 Å². The predicted molar refractivity (Wildman–Crippen MR) is 57.5 cm³/mol. The number of rotatable bonds is 4. The molecule has 0 atom stereocenters. The Morgan fingerprint density at radius 3 is 2.38 bits per heavy atom. The van der Waals surface area contributed by atoms with Gasteiger partial charge in [0.05, 0.1) is 25.2 Å². The third-order valence-electron chi connectivity index (χ3n) is 3.38. The molecule has 2 amide bonds. The van der Waals surface area contributed by atoms with Crippen molar-refractivity contribution in [2.24, 2.45) is 11.7 Å². The number of ether oxygens (including phenoxy) is 1. The van der Waals surface area contributed by atoms with Gasteiger partial charge in [-0.2, -0.15) is 0 Å². The van der Waals surface area contributed by atoms with Crippen molar-refractivity contribution in [1.29, 1.82) is 0 Å². The van der Waals surface area contributed by atoms with Gasteiger partial charge < -0.3 is 15.8 Å². The zero-order valence-corrected chi connectivity index (χ0v) is 9.33. The summed E-state index contributed by atoms with van der Waals surface area (Å²) in [6.45, 7) is 0.794. The quantitative estimate of drug-likeness (QED) is 0.704. The van der Waals surface area contributed by atoms with Crippen molar-refractivity contribution in [1.82, 2.24) is 5.32 Å². The van der Waals surface area contributed by atoms with Gasteiger partial charge in [0.1, 0.15) is 0 Å². The third-order valence-corrected chi connectivity index (χ3v) is 3.38. The van der Waals surface area contributed by atoms with Crippen LogP contribution < -0.4 is 11.1 Å². The molecule has 90 valence electrons. The fourth-order valence-corrected chi connectivity index (χ4v) is 2.45. The minimum atomic E-state index is -0.522. The summed E-state index contributed by atoms with van der Waals surface area (Å²) in [5, 5.41) is 2.94. The molecule has 0 aromatic heterocycles. The number of primary amides is 1. The van der Waals surface area contributed by atoms with E-state index in [1.54, 1.807) is 0 Å². The Balaban J connectivity index is 1.90. The molecule has 0 unspecified atom stereocenters. The molecule has 0 aromatic rings. The first-order valence-corrected chi connectivity index (χ1v) is 5.79. The molecule has 1 saturated carbocycles. The summed E-state index contributed by atoms with van der Waals surface area (Å²) in [4.78, 5) is 22.8. The van der Waals surface area contributed by atoms with Crippen molar-refractivity contribution in [2.75, 3.05) is 13.2 Å². The Hall–Kier alpha value is -1.10. The van der Waals surface area contributed by atoms with Crippen LogP contribution in [-0.2, 0) is 14.3 Å². The Morgan fingerprint density at radius 1 is 1.31 bits per heavy atom. The van der Waals surface area contributed by atoms with E-state index in [9.17, 15) is 9.59 Å². The molecule has 3 N–H and O–H groups in total. The van der Waals surface area contributed by atoms with Gasteiger partial charge in [-0.3, -0.25) is 9.59 Å². The Morgan fingerprint density at radius 2 is 1.94 bits per heavy atom. The first kappa shape index (κ1) is 11.4. The summed E-state index contributed by atoms with van der Waals surface area (Å²) >= 11 is 0. The molecule has 2 rings (SSSR count). The van der Waals surface area contributed by atoms with Gasteiger partial charge in [0.15, 0.2) is 0 Å². The first-order chi connectivity index (χ1) is 7.61. The highest BCUT2D eigenvalue weighted by Crippen LogP contribution is 2.27. The second-order valence-electron chi connectivity index (χ2n) is 4.89. The van der Waals surface area contributed by atoms with E-state index in [0.29, 0.717) is 13.2 Å². The van der Waals surface area contributed by atoms with Crippen LogP contribution in [0.1, 0.15) is 32.1 Å². The van der Waals surface area contributed by atoms with Gasteiger partial charge in [-0.05, 0) is 12.8 Å². The molecular formula is C11H18N2O3. The Labute approximate surface area is 94.7 Å². The van der Waals surface area contributed by atoms with Crippen molar-refractivity contribution >= 4 is 11.8 Å². The standard InChI is InChI=1S/C11H18N2O3/c12-9(14)5-11(6-16-7-11)13-10(15)8-3-1-2-4-8/h8H,1-7H2,(H2,12,14)(H,13,15). The average Bonchev–Trinajstić information content (AvgIpc) is 2.66. The van der Waals surface area contributed by atoms with E-state index >= 15 is 0 Å². The lowest BCUT2D eigenvalue weighted by Gasteiger charge is -2.41. The number of amides is 2. The molecule has 1 aliphatic heterocycles. The van der Waals surface area contributed by atoms with E-state index in [4.69, 9.17) is 10.5 Å². The molecule has 5 nitrogen and oxygen atoms in total. The maximum absolute atomic E-state index is 11.9. The fourth-order valence-electron chi connectivity index (χ4n) is 2.45. The molecule has 0 aromatic carbocycles. The largest absolute Gasteiger partial charge is 0.376 e. The van der Waals surface area contributed by atoms with E-state index < -0.39 is 11.4 Å². The Bertz CT molecular complexity index is 294. The Kier molecular flexibility index (Phi) is 3.14. The van der Waals surface area contributed by atoms with Gasteiger partial charge in [-0.1, -0.05) is 12.8 Å². The molecule has 1 saturated heterocycles. The smallest absolute Gasteiger partial charge is 0.223 e. The van der Waals surface area contributed by atoms with Crippen LogP contribution in [0.5, 0.6) is 0 Å². The molecule has 5 heteroatoms. The van der Waals surface area contributed by atoms with Crippen molar-refractivity contribution in [3.8, 4) is 0 Å². The summed E-state index contributed by atoms with van der Waals surface area (Å²) in [5.41, 5.74) is 4.65. The lowest BCUT2D eigenvalue weighted by atomic mass is 9.91. The highest BCUT2D eigenvalue weighted by molar-refractivity contribution is 5.82. The van der Waals surface area contributed by atoms with Crippen LogP contribution in [0.4, 0.5) is 0 Å². The maximum Gasteiger partial charge on any atom is 0.223 e. The van der Waals surface area contributed by atoms with Crippen LogP contribution in [-0.4, -0.2) is 30.6 Å². The van der Waals surface area contributed by atoms with Crippen LogP contribution >= 0.6 is 0 Å². The molecule has 0 bridgehead atoms. The highest BCUT2D eigenvalue weighted by atomic mass is 16.5. The van der Waals surface area contributed by atoms with Crippen molar-refractivity contribution < 1.29 is 14.3 Å². The number of hydrogen-bond acceptors (Lipinski definition) is 3. The molecule has 1 aliphatic carbocycles. The second-order valence-corrected chi connectivity index (χ2v) is 4.89. The van der Waals surface area contributed by atoms with Gasteiger partial charge in [-0.15, -0.1) is 0 Å². The van der Waals surface area contributed by atoms with Crippen LogP contribution in [0.2, 0.25) is 0 Å². The number of nitrogens with one attached hydrogen (secondary N) is 1. The number of hydrogen-bond donors (Lipinski definition) is 2. The lowest BCUT2D eigenvalue weighted by molar-refractivity contribution is -0.140. The third kappa shape index (κ3) is 2.35. The zero-order valence-electron chi connectivity index (χ0n) is 9.33. The van der Waals surface area contributed by atoms with Gasteiger partial charge >= 0.3 is 0 Å². The highest BCUT2D eigenvalue weighted by Gasteiger charge is 2.42. The average molecular weight is 226 g/mol. The van der Waals surface area contributed by atoms with Gasteiger partial charge in [0.2, 0.25) is 11.8 Å². The SMILES string of the molecule is NC(=O)CC1(NC(=O)C2CCCC2)COC1. The van der Waals surface area contributed by atoms with Crippen LogP contribution in [0.3, 0.4) is 0 Å².